The minimum absolute atomic E-state index is 0.154. The third kappa shape index (κ3) is 9.89. The van der Waals surface area contributed by atoms with Gasteiger partial charge in [0.1, 0.15) is 28.5 Å². The molecule has 0 radical (unpaired) electrons. The highest BCUT2D eigenvalue weighted by molar-refractivity contribution is 7.22. The number of ether oxygens (including phenoxy) is 4. The lowest BCUT2D eigenvalue weighted by Crippen LogP contribution is -2.23. The van der Waals surface area contributed by atoms with Gasteiger partial charge in [0.2, 0.25) is 5.13 Å². The fourth-order valence-electron chi connectivity index (χ4n) is 4.55. The number of rotatable bonds is 11. The summed E-state index contributed by atoms with van der Waals surface area (Å²) in [6.45, 7) is 11.9. The second-order valence-electron chi connectivity index (χ2n) is 13.0. The van der Waals surface area contributed by atoms with Gasteiger partial charge >= 0.3 is 11.9 Å². The zero-order chi connectivity index (χ0) is 34.3. The smallest absolute Gasteiger partial charge is 0.343 e. The van der Waals surface area contributed by atoms with Gasteiger partial charge in [-0.05, 0) is 120 Å². The summed E-state index contributed by atoms with van der Waals surface area (Å²) in [4.78, 5) is 30.3. The summed E-state index contributed by atoms with van der Waals surface area (Å²) in [5, 5.41) is 5.01. The summed E-state index contributed by atoms with van der Waals surface area (Å²) < 4.78 is 24.1. The van der Waals surface area contributed by atoms with Gasteiger partial charge in [0.25, 0.3) is 0 Å². The van der Waals surface area contributed by atoms with Crippen molar-refractivity contribution in [2.45, 2.75) is 59.2 Å². The molecule has 0 aliphatic heterocycles. The number of carbonyl (C=O) groups is 2. The maximum Gasteiger partial charge on any atom is 0.343 e. The zero-order valence-corrected chi connectivity index (χ0v) is 28.7. The number of hydrazone groups is 1. The second-order valence-corrected chi connectivity index (χ2v) is 14.0. The molecule has 0 atom stereocenters. The van der Waals surface area contributed by atoms with Crippen molar-refractivity contribution >= 4 is 44.8 Å². The monoisotopic (exact) mass is 665 g/mol. The van der Waals surface area contributed by atoms with E-state index in [0.29, 0.717) is 45.5 Å². The molecule has 248 valence electrons. The lowest BCUT2D eigenvalue weighted by Gasteiger charge is -2.21. The van der Waals surface area contributed by atoms with Crippen LogP contribution in [0.25, 0.3) is 10.2 Å². The first-order chi connectivity index (χ1) is 22.8. The number of esters is 2. The van der Waals surface area contributed by atoms with Crippen molar-refractivity contribution in [1.82, 2.24) is 4.98 Å². The standard InChI is InChI=1S/C38H39N3O6S/c1-37(2,3)46-29-16-12-26(13-17-29)34(42)44-22-21-25-11-20-32(45-35(43)27-14-18-30(19-15-27)47-38(4,5)6)28(23-25)24-39-41-36-40-31-9-7-8-10-33(31)48-36/h7-20,23-24H,21-22H2,1-6H3,(H,40,41)/b39-24+. The molecule has 0 saturated carbocycles. The highest BCUT2D eigenvalue weighted by Gasteiger charge is 2.16. The first kappa shape index (κ1) is 34.1. The molecule has 4 aromatic carbocycles. The minimum atomic E-state index is -0.522. The number of carbonyl (C=O) groups excluding carboxylic acids is 2. The molecule has 1 N–H and O–H groups in total. The van der Waals surface area contributed by atoms with E-state index in [4.69, 9.17) is 18.9 Å². The van der Waals surface area contributed by atoms with E-state index in [0.717, 1.165) is 15.8 Å². The number of thiazole rings is 1. The number of nitrogens with one attached hydrogen (secondary N) is 1. The maximum absolute atomic E-state index is 13.1. The Balaban J connectivity index is 1.27. The van der Waals surface area contributed by atoms with Crippen LogP contribution in [-0.4, -0.2) is 40.9 Å². The van der Waals surface area contributed by atoms with E-state index in [1.807, 2.05) is 77.9 Å². The van der Waals surface area contributed by atoms with Crippen molar-refractivity contribution < 1.29 is 28.5 Å². The Kier molecular flexibility index (Phi) is 10.4. The van der Waals surface area contributed by atoms with Crippen molar-refractivity contribution in [3.63, 3.8) is 0 Å². The molecule has 0 fully saturated rings. The van der Waals surface area contributed by atoms with Crippen LogP contribution in [0.3, 0.4) is 0 Å². The van der Waals surface area contributed by atoms with Gasteiger partial charge in [-0.1, -0.05) is 29.5 Å². The average molecular weight is 666 g/mol. The quantitative estimate of drug-likeness (QED) is 0.0646. The molecule has 5 rings (SSSR count). The Morgan fingerprint density at radius 3 is 2.00 bits per heavy atom. The Morgan fingerprint density at radius 1 is 0.792 bits per heavy atom. The zero-order valence-electron chi connectivity index (χ0n) is 27.9. The van der Waals surface area contributed by atoms with Crippen molar-refractivity contribution in [3.05, 3.63) is 113 Å². The highest BCUT2D eigenvalue weighted by Crippen LogP contribution is 2.26. The van der Waals surface area contributed by atoms with Gasteiger partial charge < -0.3 is 18.9 Å². The highest BCUT2D eigenvalue weighted by atomic mass is 32.1. The molecular formula is C38H39N3O6S. The largest absolute Gasteiger partial charge is 0.488 e. The molecule has 0 spiro atoms. The van der Waals surface area contributed by atoms with Crippen LogP contribution in [0.5, 0.6) is 17.2 Å². The van der Waals surface area contributed by atoms with E-state index in [-0.39, 0.29) is 17.8 Å². The fraction of sp³-hybridized carbons (Fsp3) is 0.263. The van der Waals surface area contributed by atoms with Crippen LogP contribution in [0.1, 0.15) is 73.4 Å². The van der Waals surface area contributed by atoms with Gasteiger partial charge in [-0.15, -0.1) is 0 Å². The molecule has 0 aliphatic carbocycles. The molecule has 0 bridgehead atoms. The van der Waals surface area contributed by atoms with Crippen LogP contribution >= 0.6 is 11.3 Å². The molecule has 1 aromatic heterocycles. The molecule has 0 saturated heterocycles. The summed E-state index contributed by atoms with van der Waals surface area (Å²) in [7, 11) is 0. The number of nitrogens with zero attached hydrogens (tertiary/aromatic N) is 2. The van der Waals surface area contributed by atoms with Gasteiger partial charge in [-0.25, -0.2) is 14.6 Å². The number of benzene rings is 4. The minimum Gasteiger partial charge on any atom is -0.488 e. The lowest BCUT2D eigenvalue weighted by atomic mass is 10.1. The molecule has 0 aliphatic rings. The molecule has 5 aromatic rings. The summed E-state index contributed by atoms with van der Waals surface area (Å²) in [6, 6.07) is 26.9. The Morgan fingerprint density at radius 2 is 1.40 bits per heavy atom. The maximum atomic E-state index is 13.1. The van der Waals surface area contributed by atoms with Crippen LogP contribution in [0, 0.1) is 0 Å². The summed E-state index contributed by atoms with van der Waals surface area (Å²) in [5.41, 5.74) is 5.39. The predicted molar refractivity (Wildman–Crippen MR) is 190 cm³/mol. The molecule has 0 amide bonds. The van der Waals surface area contributed by atoms with Crippen molar-refractivity contribution in [1.29, 1.82) is 0 Å². The van der Waals surface area contributed by atoms with E-state index < -0.39 is 11.9 Å². The Hall–Kier alpha value is -5.22. The van der Waals surface area contributed by atoms with Crippen molar-refractivity contribution in [2.75, 3.05) is 12.0 Å². The molecule has 0 unspecified atom stereocenters. The molecule has 48 heavy (non-hydrogen) atoms. The van der Waals surface area contributed by atoms with Crippen LogP contribution in [-0.2, 0) is 11.2 Å². The van der Waals surface area contributed by atoms with Crippen LogP contribution in [0.2, 0.25) is 0 Å². The van der Waals surface area contributed by atoms with Crippen molar-refractivity contribution in [2.24, 2.45) is 5.10 Å². The number of aromatic nitrogens is 1. The topological polar surface area (TPSA) is 108 Å². The van der Waals surface area contributed by atoms with Gasteiger partial charge in [0.15, 0.2) is 0 Å². The number of anilines is 1. The third-order valence-corrected chi connectivity index (χ3v) is 7.53. The van der Waals surface area contributed by atoms with E-state index in [1.165, 1.54) is 11.3 Å². The normalized spacial score (nSPS) is 11.8. The SMILES string of the molecule is CC(C)(C)Oc1ccc(C(=O)OCCc2ccc(OC(=O)c3ccc(OC(C)(C)C)cc3)c(/C=N/Nc3nc4ccccc4s3)c2)cc1. The number of fused-ring (bicyclic) bond motifs is 1. The summed E-state index contributed by atoms with van der Waals surface area (Å²) >= 11 is 1.48. The summed E-state index contributed by atoms with van der Waals surface area (Å²) in [6.07, 6.45) is 2.01. The van der Waals surface area contributed by atoms with E-state index in [2.05, 4.69) is 15.5 Å². The van der Waals surface area contributed by atoms with Gasteiger partial charge in [0.05, 0.1) is 34.2 Å². The van der Waals surface area contributed by atoms with E-state index >= 15 is 0 Å². The van der Waals surface area contributed by atoms with E-state index in [1.54, 1.807) is 60.8 Å². The Labute approximate surface area is 284 Å². The number of hydrogen-bond donors (Lipinski definition) is 1. The van der Waals surface area contributed by atoms with E-state index in [9.17, 15) is 9.59 Å². The number of para-hydroxylation sites is 1. The van der Waals surface area contributed by atoms with Crippen LogP contribution in [0.15, 0.2) is 96.1 Å². The first-order valence-corrected chi connectivity index (χ1v) is 16.4. The van der Waals surface area contributed by atoms with Crippen LogP contribution < -0.4 is 19.6 Å². The molecule has 9 nitrogen and oxygen atoms in total. The van der Waals surface area contributed by atoms with Gasteiger partial charge in [-0.3, -0.25) is 5.43 Å². The van der Waals surface area contributed by atoms with Crippen LogP contribution in [0.4, 0.5) is 5.13 Å². The first-order valence-electron chi connectivity index (χ1n) is 15.6. The number of hydrogen-bond acceptors (Lipinski definition) is 10. The molecular weight excluding hydrogens is 627 g/mol. The summed E-state index contributed by atoms with van der Waals surface area (Å²) in [5.74, 6) is 0.709. The van der Waals surface area contributed by atoms with Gasteiger partial charge in [-0.2, -0.15) is 5.10 Å². The fourth-order valence-corrected chi connectivity index (χ4v) is 5.37. The molecule has 10 heteroatoms. The average Bonchev–Trinajstić information content (AvgIpc) is 3.44. The Bertz CT molecular complexity index is 1870. The predicted octanol–water partition coefficient (Wildman–Crippen LogP) is 8.72. The second kappa shape index (κ2) is 14.7. The van der Waals surface area contributed by atoms with Crippen molar-refractivity contribution in [3.8, 4) is 17.2 Å². The lowest BCUT2D eigenvalue weighted by molar-refractivity contribution is 0.0508. The molecule has 1 heterocycles. The third-order valence-electron chi connectivity index (χ3n) is 6.59. The van der Waals surface area contributed by atoms with Gasteiger partial charge in [0, 0.05) is 12.0 Å².